The molecule has 2 aliphatic rings. The Morgan fingerprint density at radius 2 is 1.78 bits per heavy atom. The maximum atomic E-state index is 13.4. The van der Waals surface area contributed by atoms with E-state index in [0.717, 1.165) is 6.42 Å². The van der Waals surface area contributed by atoms with E-state index in [2.05, 4.69) is 20.3 Å². The molecule has 2 bridgehead atoms. The van der Waals surface area contributed by atoms with Crippen LogP contribution in [0.2, 0.25) is 0 Å². The molecular formula is C19H17F6N7. The van der Waals surface area contributed by atoms with Crippen LogP contribution in [-0.4, -0.2) is 35.6 Å². The predicted octanol–water partition coefficient (Wildman–Crippen LogP) is 4.16. The van der Waals surface area contributed by atoms with Gasteiger partial charge in [-0.1, -0.05) is 0 Å². The van der Waals surface area contributed by atoms with Gasteiger partial charge in [-0.3, -0.25) is 9.25 Å². The highest BCUT2D eigenvalue weighted by Gasteiger charge is 2.50. The first-order chi connectivity index (χ1) is 15.0. The smallest absolute Gasteiger partial charge is 0.343 e. The van der Waals surface area contributed by atoms with Crippen LogP contribution in [0.15, 0.2) is 30.7 Å². The van der Waals surface area contributed by atoms with Gasteiger partial charge in [-0.25, -0.2) is 4.98 Å². The van der Waals surface area contributed by atoms with Crippen LogP contribution in [0.5, 0.6) is 0 Å². The molecular weight excluding hydrogens is 440 g/mol. The van der Waals surface area contributed by atoms with Crippen molar-refractivity contribution in [3.05, 3.63) is 47.8 Å². The van der Waals surface area contributed by atoms with E-state index in [1.807, 2.05) is 0 Å². The van der Waals surface area contributed by atoms with E-state index in [0.29, 0.717) is 30.6 Å². The van der Waals surface area contributed by atoms with Crippen LogP contribution in [0.3, 0.4) is 0 Å². The number of nitrogens with zero attached hydrogens (tertiary/aromatic N) is 7. The molecule has 0 spiro atoms. The number of rotatable bonds is 3. The first-order valence-corrected chi connectivity index (χ1v) is 9.87. The van der Waals surface area contributed by atoms with E-state index in [1.165, 1.54) is 6.33 Å². The van der Waals surface area contributed by atoms with Gasteiger partial charge in [-0.15, -0.1) is 10.2 Å². The SMILES string of the molecule is Cn1ccc(-n2cnnc2[C@@H]2[C@H]3CC[C@H](C3)N2c2cc(C(F)(F)F)cc(C(F)(F)F)n2)n1. The highest BCUT2D eigenvalue weighted by molar-refractivity contribution is 5.50. The molecule has 0 N–H and O–H groups in total. The summed E-state index contributed by atoms with van der Waals surface area (Å²) in [5.41, 5.74) is -2.96. The standard InChI is InChI=1S/C19H17F6N7/c1-30-5-4-14(29-30)31-9-26-28-17(31)16-10-2-3-12(6-10)32(16)15-8-11(18(20,21)22)7-13(27-15)19(23,24)25/h4-5,7-10,12,16H,2-3,6H2,1H3/t10-,12+,16-/m0/s1. The van der Waals surface area contributed by atoms with E-state index in [1.54, 1.807) is 33.5 Å². The second kappa shape index (κ2) is 6.94. The van der Waals surface area contributed by atoms with Gasteiger partial charge in [0.05, 0.1) is 11.6 Å². The van der Waals surface area contributed by atoms with Crippen molar-refractivity contribution in [3.8, 4) is 5.82 Å². The van der Waals surface area contributed by atoms with E-state index >= 15 is 0 Å². The van der Waals surface area contributed by atoms with Crippen LogP contribution in [-0.2, 0) is 19.4 Å². The van der Waals surface area contributed by atoms with Gasteiger partial charge < -0.3 is 4.90 Å². The first-order valence-electron chi connectivity index (χ1n) is 9.87. The average molecular weight is 457 g/mol. The molecule has 0 aromatic carbocycles. The van der Waals surface area contributed by atoms with Gasteiger partial charge in [0.1, 0.15) is 17.8 Å². The van der Waals surface area contributed by atoms with Crippen molar-refractivity contribution < 1.29 is 26.3 Å². The number of pyridine rings is 1. The number of aryl methyl sites for hydroxylation is 1. The minimum absolute atomic E-state index is 0.00246. The highest BCUT2D eigenvalue weighted by Crippen LogP contribution is 2.52. The molecule has 0 amide bonds. The molecule has 1 aliphatic carbocycles. The molecule has 1 aliphatic heterocycles. The summed E-state index contributed by atoms with van der Waals surface area (Å²) in [4.78, 5) is 5.15. The van der Waals surface area contributed by atoms with Gasteiger partial charge in [-0.05, 0) is 37.3 Å². The Labute approximate surface area is 177 Å². The Bertz CT molecular complexity index is 1120. The predicted molar refractivity (Wildman–Crippen MR) is 98.7 cm³/mol. The number of fused-ring (bicyclic) bond motifs is 2. The zero-order valence-corrected chi connectivity index (χ0v) is 16.6. The summed E-state index contributed by atoms with van der Waals surface area (Å²) in [7, 11) is 1.72. The number of aromatic nitrogens is 6. The summed E-state index contributed by atoms with van der Waals surface area (Å²) in [6, 6.07) is 1.63. The Balaban J connectivity index is 1.63. The minimum atomic E-state index is -5.02. The molecule has 7 nitrogen and oxygen atoms in total. The van der Waals surface area contributed by atoms with Crippen molar-refractivity contribution in [1.29, 1.82) is 0 Å². The van der Waals surface area contributed by atoms with E-state index < -0.39 is 29.7 Å². The zero-order chi connectivity index (χ0) is 22.8. The number of hydrogen-bond donors (Lipinski definition) is 0. The largest absolute Gasteiger partial charge is 0.433 e. The fraction of sp³-hybridized carbons (Fsp3) is 0.474. The van der Waals surface area contributed by atoms with Gasteiger partial charge in [-0.2, -0.15) is 31.4 Å². The normalized spacial score (nSPS) is 23.3. The minimum Gasteiger partial charge on any atom is -0.343 e. The van der Waals surface area contributed by atoms with E-state index in [9.17, 15) is 26.3 Å². The van der Waals surface area contributed by atoms with Gasteiger partial charge in [0, 0.05) is 25.4 Å². The van der Waals surface area contributed by atoms with Crippen molar-refractivity contribution in [3.63, 3.8) is 0 Å². The van der Waals surface area contributed by atoms with Gasteiger partial charge in [0.25, 0.3) is 0 Å². The quantitative estimate of drug-likeness (QED) is 0.553. The molecule has 3 atom stereocenters. The van der Waals surface area contributed by atoms with Crippen LogP contribution < -0.4 is 4.90 Å². The summed E-state index contributed by atoms with van der Waals surface area (Å²) in [5, 5.41) is 12.4. The fourth-order valence-electron chi connectivity index (χ4n) is 4.76. The number of halogens is 6. The van der Waals surface area contributed by atoms with Gasteiger partial charge >= 0.3 is 12.4 Å². The zero-order valence-electron chi connectivity index (χ0n) is 16.6. The first kappa shape index (κ1) is 20.8. The van der Waals surface area contributed by atoms with Crippen LogP contribution in [0, 0.1) is 5.92 Å². The van der Waals surface area contributed by atoms with Gasteiger partial charge in [0.2, 0.25) is 0 Å². The van der Waals surface area contributed by atoms with Gasteiger partial charge in [0.15, 0.2) is 11.6 Å². The molecule has 1 saturated heterocycles. The summed E-state index contributed by atoms with van der Waals surface area (Å²) >= 11 is 0. The topological polar surface area (TPSA) is 64.7 Å². The number of alkyl halides is 6. The molecule has 170 valence electrons. The Morgan fingerprint density at radius 1 is 1.00 bits per heavy atom. The number of hydrogen-bond acceptors (Lipinski definition) is 5. The third-order valence-electron chi connectivity index (χ3n) is 6.06. The van der Waals surface area contributed by atoms with Crippen molar-refractivity contribution in [1.82, 2.24) is 29.5 Å². The molecule has 5 rings (SSSR count). The lowest BCUT2D eigenvalue weighted by Crippen LogP contribution is -2.37. The second-order valence-corrected chi connectivity index (χ2v) is 8.08. The molecule has 2 fully saturated rings. The average Bonchev–Trinajstić information content (AvgIpc) is 3.49. The van der Waals surface area contributed by atoms with Crippen molar-refractivity contribution in [2.45, 2.75) is 43.7 Å². The van der Waals surface area contributed by atoms with Crippen LogP contribution in [0.1, 0.15) is 42.4 Å². The van der Waals surface area contributed by atoms with E-state index in [4.69, 9.17) is 0 Å². The lowest BCUT2D eigenvalue weighted by molar-refractivity contribution is -0.145. The van der Waals surface area contributed by atoms with Crippen molar-refractivity contribution in [2.75, 3.05) is 4.90 Å². The summed E-state index contributed by atoms with van der Waals surface area (Å²) < 4.78 is 83.6. The molecule has 4 heterocycles. The van der Waals surface area contributed by atoms with Crippen molar-refractivity contribution in [2.24, 2.45) is 13.0 Å². The monoisotopic (exact) mass is 457 g/mol. The fourth-order valence-corrected chi connectivity index (χ4v) is 4.76. The van der Waals surface area contributed by atoms with Crippen LogP contribution in [0.25, 0.3) is 5.82 Å². The van der Waals surface area contributed by atoms with E-state index in [-0.39, 0.29) is 23.8 Å². The Morgan fingerprint density at radius 3 is 2.44 bits per heavy atom. The summed E-state index contributed by atoms with van der Waals surface area (Å²) in [5.74, 6) is 0.545. The lowest BCUT2D eigenvalue weighted by atomic mass is 9.97. The highest BCUT2D eigenvalue weighted by atomic mass is 19.4. The van der Waals surface area contributed by atoms with Crippen LogP contribution >= 0.6 is 0 Å². The maximum Gasteiger partial charge on any atom is 0.433 e. The molecule has 0 radical (unpaired) electrons. The van der Waals surface area contributed by atoms with Crippen LogP contribution in [0.4, 0.5) is 32.2 Å². The third-order valence-corrected chi connectivity index (χ3v) is 6.06. The Kier molecular flexibility index (Phi) is 4.50. The number of piperidine rings is 1. The van der Waals surface area contributed by atoms with Crippen molar-refractivity contribution >= 4 is 5.82 Å². The second-order valence-electron chi connectivity index (χ2n) is 8.08. The molecule has 3 aromatic rings. The molecule has 32 heavy (non-hydrogen) atoms. The molecule has 13 heteroatoms. The third kappa shape index (κ3) is 3.39. The molecule has 0 unspecified atom stereocenters. The number of anilines is 1. The molecule has 3 aromatic heterocycles. The Hall–Kier alpha value is -3.12. The molecule has 1 saturated carbocycles. The maximum absolute atomic E-state index is 13.4. The summed E-state index contributed by atoms with van der Waals surface area (Å²) in [6.45, 7) is 0. The lowest BCUT2D eigenvalue weighted by Gasteiger charge is -2.36. The summed E-state index contributed by atoms with van der Waals surface area (Å²) in [6.07, 6.45) is -4.76.